The molecule has 0 unspecified atom stereocenters. The molecule has 132 valence electrons. The van der Waals surface area contributed by atoms with E-state index < -0.39 is 16.7 Å². The van der Waals surface area contributed by atoms with Gasteiger partial charge in [0.25, 0.3) is 11.6 Å². The van der Waals surface area contributed by atoms with Crippen molar-refractivity contribution in [3.05, 3.63) is 56.5 Å². The predicted molar refractivity (Wildman–Crippen MR) is 82.6 cm³/mol. The standard InChI is InChI=1S/C14H15N5O6/c1-9-12(17-25-19(9)24)14(21)16-7-3-6-15-13(20)10-4-2-5-11(8-10)18(22)23/h2,4-5,8H,3,6-7H2,1H3,(H,15,20)(H,16,21). The van der Waals surface area contributed by atoms with Crippen LogP contribution in [0.25, 0.3) is 0 Å². The van der Waals surface area contributed by atoms with E-state index in [1.807, 2.05) is 0 Å². The summed E-state index contributed by atoms with van der Waals surface area (Å²) >= 11 is 0. The molecular formula is C14H15N5O6. The number of aromatic nitrogens is 2. The van der Waals surface area contributed by atoms with Crippen LogP contribution in [0.2, 0.25) is 0 Å². The van der Waals surface area contributed by atoms with Gasteiger partial charge in [0, 0.05) is 37.7 Å². The predicted octanol–water partition coefficient (Wildman–Crippen LogP) is 0.0745. The Kier molecular flexibility index (Phi) is 5.61. The van der Waals surface area contributed by atoms with Gasteiger partial charge in [-0.05, 0) is 17.4 Å². The number of carbonyl (C=O) groups excluding carboxylic acids is 2. The lowest BCUT2D eigenvalue weighted by Gasteiger charge is -2.05. The number of rotatable bonds is 7. The van der Waals surface area contributed by atoms with Gasteiger partial charge in [0.2, 0.25) is 5.69 Å². The summed E-state index contributed by atoms with van der Waals surface area (Å²) in [6.45, 7) is 1.89. The molecule has 2 rings (SSSR count). The van der Waals surface area contributed by atoms with Gasteiger partial charge in [0.15, 0.2) is 0 Å². The van der Waals surface area contributed by atoms with E-state index in [-0.39, 0.29) is 40.6 Å². The monoisotopic (exact) mass is 349 g/mol. The number of nitro benzene ring substituents is 1. The molecule has 0 aliphatic heterocycles. The van der Waals surface area contributed by atoms with Crippen molar-refractivity contribution in [3.63, 3.8) is 0 Å². The van der Waals surface area contributed by atoms with E-state index in [9.17, 15) is 24.9 Å². The molecule has 25 heavy (non-hydrogen) atoms. The van der Waals surface area contributed by atoms with Gasteiger partial charge in [-0.15, -0.1) is 0 Å². The fraction of sp³-hybridized carbons (Fsp3) is 0.286. The summed E-state index contributed by atoms with van der Waals surface area (Å²) in [5.41, 5.74) is -0.0397. The fourth-order valence-corrected chi connectivity index (χ4v) is 1.94. The van der Waals surface area contributed by atoms with Crippen LogP contribution in [0.15, 0.2) is 28.9 Å². The van der Waals surface area contributed by atoms with E-state index in [1.54, 1.807) is 0 Å². The largest absolute Gasteiger partial charge is 0.359 e. The number of amides is 2. The van der Waals surface area contributed by atoms with Crippen molar-refractivity contribution in [1.29, 1.82) is 0 Å². The van der Waals surface area contributed by atoms with E-state index in [4.69, 9.17) is 0 Å². The van der Waals surface area contributed by atoms with Crippen molar-refractivity contribution in [1.82, 2.24) is 15.8 Å². The van der Waals surface area contributed by atoms with Crippen molar-refractivity contribution in [2.75, 3.05) is 13.1 Å². The molecular weight excluding hydrogens is 334 g/mol. The zero-order chi connectivity index (χ0) is 18.4. The Hall–Kier alpha value is -3.50. The zero-order valence-corrected chi connectivity index (χ0v) is 13.2. The molecule has 11 heteroatoms. The Morgan fingerprint density at radius 1 is 1.28 bits per heavy atom. The molecule has 0 saturated heterocycles. The molecule has 0 radical (unpaired) electrons. The zero-order valence-electron chi connectivity index (χ0n) is 13.2. The summed E-state index contributed by atoms with van der Waals surface area (Å²) in [5, 5.41) is 30.2. The average Bonchev–Trinajstić information content (AvgIpc) is 2.93. The lowest BCUT2D eigenvalue weighted by Crippen LogP contribution is -2.32. The Labute approximate surface area is 141 Å². The average molecular weight is 349 g/mol. The lowest BCUT2D eigenvalue weighted by molar-refractivity contribution is -0.806. The summed E-state index contributed by atoms with van der Waals surface area (Å²) < 4.78 is 4.30. The number of nitro groups is 1. The van der Waals surface area contributed by atoms with Crippen molar-refractivity contribution in [3.8, 4) is 0 Å². The van der Waals surface area contributed by atoms with Crippen molar-refractivity contribution in [2.45, 2.75) is 13.3 Å². The van der Waals surface area contributed by atoms with E-state index in [0.717, 1.165) is 0 Å². The van der Waals surface area contributed by atoms with Gasteiger partial charge in [-0.2, -0.15) is 0 Å². The number of hydrogen-bond donors (Lipinski definition) is 2. The Bertz CT molecular complexity index is 803. The van der Waals surface area contributed by atoms with Gasteiger partial charge in [0.05, 0.1) is 10.1 Å². The second kappa shape index (κ2) is 7.86. The van der Waals surface area contributed by atoms with Crippen LogP contribution >= 0.6 is 0 Å². The van der Waals surface area contributed by atoms with Gasteiger partial charge in [0.1, 0.15) is 0 Å². The summed E-state index contributed by atoms with van der Waals surface area (Å²) in [7, 11) is 0. The van der Waals surface area contributed by atoms with Gasteiger partial charge >= 0.3 is 11.6 Å². The van der Waals surface area contributed by atoms with Gasteiger partial charge in [-0.3, -0.25) is 24.3 Å². The van der Waals surface area contributed by atoms with Crippen molar-refractivity contribution >= 4 is 17.5 Å². The molecule has 2 N–H and O–H groups in total. The molecule has 0 fully saturated rings. The van der Waals surface area contributed by atoms with E-state index in [2.05, 4.69) is 20.4 Å². The molecule has 0 atom stereocenters. The third-order valence-corrected chi connectivity index (χ3v) is 3.28. The number of hydrogen-bond acceptors (Lipinski definition) is 7. The maximum absolute atomic E-state index is 11.9. The molecule has 1 aromatic heterocycles. The highest BCUT2D eigenvalue weighted by Gasteiger charge is 2.22. The van der Waals surface area contributed by atoms with Crippen LogP contribution in [0.5, 0.6) is 0 Å². The van der Waals surface area contributed by atoms with Crippen molar-refractivity contribution in [2.24, 2.45) is 0 Å². The van der Waals surface area contributed by atoms with E-state index in [0.29, 0.717) is 6.42 Å². The summed E-state index contributed by atoms with van der Waals surface area (Å²) in [4.78, 5) is 33.9. The Morgan fingerprint density at radius 3 is 2.56 bits per heavy atom. The summed E-state index contributed by atoms with van der Waals surface area (Å²) in [5.74, 6) is -1.00. The third-order valence-electron chi connectivity index (χ3n) is 3.28. The van der Waals surface area contributed by atoms with E-state index in [1.165, 1.54) is 31.2 Å². The molecule has 1 aromatic carbocycles. The number of nitrogens with one attached hydrogen (secondary N) is 2. The minimum absolute atomic E-state index is 0.0523. The molecule has 0 bridgehead atoms. The first-order chi connectivity index (χ1) is 11.9. The first-order valence-electron chi connectivity index (χ1n) is 7.27. The smallest absolute Gasteiger partial charge is 0.308 e. The van der Waals surface area contributed by atoms with Crippen LogP contribution in [-0.2, 0) is 0 Å². The molecule has 1 heterocycles. The highest BCUT2D eigenvalue weighted by Crippen LogP contribution is 2.12. The maximum atomic E-state index is 11.9. The summed E-state index contributed by atoms with van der Waals surface area (Å²) in [6.07, 6.45) is 0.417. The summed E-state index contributed by atoms with van der Waals surface area (Å²) in [6, 6.07) is 5.37. The Morgan fingerprint density at radius 2 is 1.96 bits per heavy atom. The first kappa shape index (κ1) is 17.8. The first-order valence-corrected chi connectivity index (χ1v) is 7.27. The second-order valence-electron chi connectivity index (χ2n) is 5.04. The molecule has 0 spiro atoms. The normalized spacial score (nSPS) is 10.3. The van der Waals surface area contributed by atoms with Crippen LogP contribution in [-0.4, -0.2) is 35.0 Å². The van der Waals surface area contributed by atoms with Crippen LogP contribution < -0.4 is 15.5 Å². The van der Waals surface area contributed by atoms with Crippen molar-refractivity contribution < 1.29 is 24.0 Å². The topological polar surface area (TPSA) is 154 Å². The lowest BCUT2D eigenvalue weighted by atomic mass is 10.2. The number of carbonyl (C=O) groups is 2. The second-order valence-corrected chi connectivity index (χ2v) is 5.04. The quantitative estimate of drug-likeness (QED) is 0.310. The molecule has 2 amide bonds. The van der Waals surface area contributed by atoms with Gasteiger partial charge < -0.3 is 15.8 Å². The highest BCUT2D eigenvalue weighted by atomic mass is 16.8. The molecule has 0 aliphatic carbocycles. The number of benzene rings is 1. The van der Waals surface area contributed by atoms with Gasteiger partial charge in [-0.1, -0.05) is 6.07 Å². The molecule has 11 nitrogen and oxygen atoms in total. The molecule has 2 aromatic rings. The van der Waals surface area contributed by atoms with Crippen LogP contribution in [0, 0.1) is 22.2 Å². The van der Waals surface area contributed by atoms with Crippen LogP contribution in [0.3, 0.4) is 0 Å². The fourth-order valence-electron chi connectivity index (χ4n) is 1.94. The molecule has 0 aliphatic rings. The minimum Gasteiger partial charge on any atom is -0.359 e. The minimum atomic E-state index is -0.580. The van der Waals surface area contributed by atoms with Gasteiger partial charge in [-0.25, -0.2) is 0 Å². The van der Waals surface area contributed by atoms with E-state index >= 15 is 0 Å². The maximum Gasteiger partial charge on any atom is 0.308 e. The highest BCUT2D eigenvalue weighted by molar-refractivity contribution is 5.94. The van der Waals surface area contributed by atoms with Crippen LogP contribution in [0.1, 0.15) is 33.0 Å². The van der Waals surface area contributed by atoms with Crippen LogP contribution in [0.4, 0.5) is 5.69 Å². The third kappa shape index (κ3) is 4.50. The Balaban J connectivity index is 1.75. The molecule has 0 saturated carbocycles. The number of nitrogens with zero attached hydrogens (tertiary/aromatic N) is 3. The SMILES string of the molecule is Cc1c(C(=O)NCCCNC(=O)c2cccc([N+](=O)[O-])c2)no[n+]1[O-]. The number of non-ortho nitro benzene ring substituents is 1.